The van der Waals surface area contributed by atoms with Crippen LogP contribution in [-0.4, -0.2) is 11.1 Å². The smallest absolute Gasteiger partial charge is 0.335 e. The van der Waals surface area contributed by atoms with Gasteiger partial charge in [-0.25, -0.2) is 4.79 Å². The van der Waals surface area contributed by atoms with Crippen molar-refractivity contribution in [1.29, 1.82) is 0 Å². The highest BCUT2D eigenvalue weighted by molar-refractivity contribution is 5.88. The van der Waals surface area contributed by atoms with Gasteiger partial charge in [0.05, 0.1) is 5.56 Å². The quantitative estimate of drug-likeness (QED) is 0.369. The molecule has 0 saturated heterocycles. The zero-order valence-corrected chi connectivity index (χ0v) is 19.3. The molecule has 4 nitrogen and oxygen atoms in total. The molecule has 0 aromatic heterocycles. The molecule has 3 N–H and O–H groups in total. The highest BCUT2D eigenvalue weighted by Gasteiger charge is 2.51. The largest absolute Gasteiger partial charge is 0.478 e. The maximum Gasteiger partial charge on any atom is 0.335 e. The van der Waals surface area contributed by atoms with Crippen LogP contribution in [0.1, 0.15) is 55.5 Å². The number of rotatable bonds is 6. The third-order valence-electron chi connectivity index (χ3n) is 7.63. The number of aromatic carboxylic acids is 1. The van der Waals surface area contributed by atoms with E-state index in [1.165, 1.54) is 31.2 Å². The van der Waals surface area contributed by atoms with Gasteiger partial charge in [0, 0.05) is 22.7 Å². The lowest BCUT2D eigenvalue weighted by atomic mass is 9.73. The Morgan fingerprint density at radius 2 is 1.12 bits per heavy atom. The maximum atomic E-state index is 11.0. The number of hydrogen-bond donors (Lipinski definition) is 3. The van der Waals surface area contributed by atoms with Gasteiger partial charge in [0.25, 0.3) is 0 Å². The van der Waals surface area contributed by atoms with E-state index in [4.69, 9.17) is 5.11 Å². The summed E-state index contributed by atoms with van der Waals surface area (Å²) >= 11 is 0. The third-order valence-corrected chi connectivity index (χ3v) is 7.63. The van der Waals surface area contributed by atoms with Gasteiger partial charge < -0.3 is 15.7 Å². The van der Waals surface area contributed by atoms with Crippen LogP contribution < -0.4 is 10.6 Å². The number of anilines is 4. The van der Waals surface area contributed by atoms with Crippen LogP contribution in [0.15, 0.2) is 72.8 Å². The summed E-state index contributed by atoms with van der Waals surface area (Å²) in [7, 11) is 0. The van der Waals surface area contributed by atoms with Crippen molar-refractivity contribution in [3.63, 3.8) is 0 Å². The first-order valence-electron chi connectivity index (χ1n) is 12.0. The zero-order valence-electron chi connectivity index (χ0n) is 19.3. The molecule has 4 heteroatoms. The molecule has 3 aromatic rings. The SMILES string of the molecule is CC1CC2CC(C)CC2(c2ccc(Nc3ccc(Nc4ccc(C(=O)O)cc4)cc3)cc2)C1. The molecule has 3 aromatic carbocycles. The first-order chi connectivity index (χ1) is 15.9. The van der Waals surface area contributed by atoms with Crippen LogP contribution in [0, 0.1) is 17.8 Å². The predicted molar refractivity (Wildman–Crippen MR) is 135 cm³/mol. The van der Waals surface area contributed by atoms with Crippen LogP contribution in [-0.2, 0) is 5.41 Å². The first kappa shape index (κ1) is 21.6. The van der Waals surface area contributed by atoms with Gasteiger partial charge in [0.15, 0.2) is 0 Å². The van der Waals surface area contributed by atoms with Crippen LogP contribution in [0.2, 0.25) is 0 Å². The number of benzene rings is 3. The van der Waals surface area contributed by atoms with Crippen LogP contribution >= 0.6 is 0 Å². The molecule has 2 unspecified atom stereocenters. The lowest BCUT2D eigenvalue weighted by Crippen LogP contribution is -2.25. The molecule has 170 valence electrons. The molecule has 2 aliphatic rings. The Hall–Kier alpha value is -3.27. The molecule has 2 atom stereocenters. The Morgan fingerprint density at radius 3 is 1.55 bits per heavy atom. The fraction of sp³-hybridized carbons (Fsp3) is 0.345. The van der Waals surface area contributed by atoms with E-state index in [-0.39, 0.29) is 5.56 Å². The van der Waals surface area contributed by atoms with Crippen LogP contribution in [0.4, 0.5) is 22.7 Å². The zero-order chi connectivity index (χ0) is 23.0. The van der Waals surface area contributed by atoms with Crippen molar-refractivity contribution in [2.24, 2.45) is 17.8 Å². The summed E-state index contributed by atoms with van der Waals surface area (Å²) in [5.41, 5.74) is 6.16. The van der Waals surface area contributed by atoms with Crippen molar-refractivity contribution in [2.45, 2.75) is 44.9 Å². The molecule has 0 heterocycles. The van der Waals surface area contributed by atoms with Crippen LogP contribution in [0.25, 0.3) is 0 Å². The second kappa shape index (κ2) is 8.58. The Labute approximate surface area is 196 Å². The summed E-state index contributed by atoms with van der Waals surface area (Å²) < 4.78 is 0. The molecule has 0 bridgehead atoms. The van der Waals surface area contributed by atoms with E-state index in [2.05, 4.69) is 48.7 Å². The molecule has 33 heavy (non-hydrogen) atoms. The van der Waals surface area contributed by atoms with Gasteiger partial charge in [0.1, 0.15) is 0 Å². The summed E-state index contributed by atoms with van der Waals surface area (Å²) in [6.07, 6.45) is 5.44. The van der Waals surface area contributed by atoms with E-state index in [1.807, 2.05) is 24.3 Å². The van der Waals surface area contributed by atoms with E-state index in [0.717, 1.165) is 40.5 Å². The topological polar surface area (TPSA) is 61.4 Å². The minimum Gasteiger partial charge on any atom is -0.478 e. The van der Waals surface area contributed by atoms with Gasteiger partial charge in [0.2, 0.25) is 0 Å². The number of fused-ring (bicyclic) bond motifs is 1. The molecule has 0 amide bonds. The minimum atomic E-state index is -0.917. The summed E-state index contributed by atoms with van der Waals surface area (Å²) in [6.45, 7) is 4.84. The van der Waals surface area contributed by atoms with Crippen molar-refractivity contribution < 1.29 is 9.90 Å². The van der Waals surface area contributed by atoms with Crippen molar-refractivity contribution in [3.05, 3.63) is 83.9 Å². The Morgan fingerprint density at radius 1 is 0.727 bits per heavy atom. The molecule has 0 spiro atoms. The summed E-state index contributed by atoms with van der Waals surface area (Å²) in [5, 5.41) is 15.8. The average Bonchev–Trinajstić information content (AvgIpc) is 3.27. The van der Waals surface area contributed by atoms with Crippen molar-refractivity contribution in [1.82, 2.24) is 0 Å². The fourth-order valence-electron chi connectivity index (χ4n) is 6.37. The van der Waals surface area contributed by atoms with E-state index in [9.17, 15) is 4.79 Å². The van der Waals surface area contributed by atoms with E-state index in [0.29, 0.717) is 5.41 Å². The normalized spacial score (nSPS) is 26.1. The van der Waals surface area contributed by atoms with Crippen molar-refractivity contribution >= 4 is 28.7 Å². The van der Waals surface area contributed by atoms with Gasteiger partial charge in [-0.2, -0.15) is 0 Å². The molecule has 0 aliphatic heterocycles. The molecule has 2 fully saturated rings. The molecule has 2 saturated carbocycles. The first-order valence-corrected chi connectivity index (χ1v) is 12.0. The van der Waals surface area contributed by atoms with E-state index in [1.54, 1.807) is 24.3 Å². The highest BCUT2D eigenvalue weighted by atomic mass is 16.4. The Bertz CT molecular complexity index is 1110. The Kier molecular flexibility index (Phi) is 5.61. The van der Waals surface area contributed by atoms with E-state index >= 15 is 0 Å². The second-order valence-corrected chi connectivity index (χ2v) is 10.2. The third kappa shape index (κ3) is 4.35. The van der Waals surface area contributed by atoms with Crippen LogP contribution in [0.3, 0.4) is 0 Å². The van der Waals surface area contributed by atoms with Gasteiger partial charge in [-0.05, 0) is 115 Å². The number of carboxylic acid groups (broad SMARTS) is 1. The predicted octanol–water partition coefficient (Wildman–Crippen LogP) is 7.59. The molecule has 5 rings (SSSR count). The number of carbonyl (C=O) groups is 1. The average molecular weight is 441 g/mol. The van der Waals surface area contributed by atoms with Gasteiger partial charge in [-0.3, -0.25) is 0 Å². The summed E-state index contributed by atoms with van der Waals surface area (Å²) in [4.78, 5) is 11.0. The molecule has 0 radical (unpaired) electrons. The lowest BCUT2D eigenvalue weighted by Gasteiger charge is -2.31. The minimum absolute atomic E-state index is 0.283. The fourth-order valence-corrected chi connectivity index (χ4v) is 6.37. The van der Waals surface area contributed by atoms with Crippen molar-refractivity contribution in [2.75, 3.05) is 10.6 Å². The maximum absolute atomic E-state index is 11.0. The summed E-state index contributed by atoms with van der Waals surface area (Å²) in [6, 6.07) is 24.0. The van der Waals surface area contributed by atoms with Gasteiger partial charge >= 0.3 is 5.97 Å². The van der Waals surface area contributed by atoms with Gasteiger partial charge in [-0.1, -0.05) is 26.0 Å². The lowest BCUT2D eigenvalue weighted by molar-refractivity contribution is 0.0697. The standard InChI is InChI=1S/C29H32N2O2/c1-19-15-23-16-20(2)18-29(23,17-19)22-5-9-25(10-6-22)31-27-13-11-26(12-14-27)30-24-7-3-21(4-8-24)28(32)33/h3-14,19-20,23,30-31H,15-18H2,1-2H3,(H,32,33). The monoisotopic (exact) mass is 440 g/mol. The van der Waals surface area contributed by atoms with Gasteiger partial charge in [-0.15, -0.1) is 0 Å². The number of hydrogen-bond acceptors (Lipinski definition) is 3. The summed E-state index contributed by atoms with van der Waals surface area (Å²) in [5.74, 6) is 1.60. The van der Waals surface area contributed by atoms with Crippen LogP contribution in [0.5, 0.6) is 0 Å². The number of nitrogens with one attached hydrogen (secondary N) is 2. The molecular formula is C29H32N2O2. The van der Waals surface area contributed by atoms with E-state index < -0.39 is 5.97 Å². The Balaban J connectivity index is 1.24. The van der Waals surface area contributed by atoms with Crippen molar-refractivity contribution in [3.8, 4) is 0 Å². The second-order valence-electron chi connectivity index (χ2n) is 10.2. The highest BCUT2D eigenvalue weighted by Crippen LogP contribution is 2.59. The number of carboxylic acids is 1. The molecular weight excluding hydrogens is 408 g/mol. The molecule has 2 aliphatic carbocycles.